The molecule has 3 rings (SSSR count). The topological polar surface area (TPSA) is 32.3 Å². The molecule has 0 unspecified atom stereocenters. The monoisotopic (exact) mass is 317 g/mol. The minimum absolute atomic E-state index is 0. The predicted molar refractivity (Wildman–Crippen MR) is 94.4 cm³/mol. The molecule has 22 heavy (non-hydrogen) atoms. The normalized spacial score (nSPS) is 24.0. The standard InChI is InChI=1S/C19H23NO.ClH/c1-20-18-12-15(13-19(18)21)11-14-7-9-17(10-8-14)16-5-3-2-4-6-16;/h2-10,15,18-21H,11-13H2,1H3;1H/t15-,18+,19+;/m0./s1. The summed E-state index contributed by atoms with van der Waals surface area (Å²) < 4.78 is 0. The maximum Gasteiger partial charge on any atom is 0.0695 e. The molecule has 2 aromatic carbocycles. The number of rotatable bonds is 4. The van der Waals surface area contributed by atoms with Crippen molar-refractivity contribution in [3.63, 3.8) is 0 Å². The van der Waals surface area contributed by atoms with Gasteiger partial charge in [-0.3, -0.25) is 0 Å². The first-order valence-corrected chi connectivity index (χ1v) is 7.76. The maximum atomic E-state index is 9.97. The number of halogens is 1. The van der Waals surface area contributed by atoms with Crippen molar-refractivity contribution in [2.45, 2.75) is 31.4 Å². The van der Waals surface area contributed by atoms with E-state index in [4.69, 9.17) is 0 Å². The van der Waals surface area contributed by atoms with Gasteiger partial charge >= 0.3 is 0 Å². The first-order valence-electron chi connectivity index (χ1n) is 7.76. The SMILES string of the molecule is CN[C@@H]1C[C@H](Cc2ccc(-c3ccccc3)cc2)C[C@H]1O.Cl. The van der Waals surface area contributed by atoms with Crippen LogP contribution in [0.3, 0.4) is 0 Å². The summed E-state index contributed by atoms with van der Waals surface area (Å²) in [5.41, 5.74) is 3.89. The van der Waals surface area contributed by atoms with Gasteiger partial charge in [0.05, 0.1) is 6.10 Å². The number of nitrogens with one attached hydrogen (secondary N) is 1. The lowest BCUT2D eigenvalue weighted by Crippen LogP contribution is -2.32. The summed E-state index contributed by atoms with van der Waals surface area (Å²) in [6.45, 7) is 0. The average Bonchev–Trinajstić information content (AvgIpc) is 2.88. The Labute approximate surface area is 139 Å². The molecule has 2 N–H and O–H groups in total. The molecule has 0 bridgehead atoms. The molecule has 1 aliphatic rings. The fraction of sp³-hybridized carbons (Fsp3) is 0.368. The second-order valence-corrected chi connectivity index (χ2v) is 6.07. The van der Waals surface area contributed by atoms with E-state index >= 15 is 0 Å². The van der Waals surface area contributed by atoms with E-state index < -0.39 is 0 Å². The van der Waals surface area contributed by atoms with Gasteiger partial charge in [0.25, 0.3) is 0 Å². The lowest BCUT2D eigenvalue weighted by Gasteiger charge is -2.12. The third kappa shape index (κ3) is 3.89. The van der Waals surface area contributed by atoms with Crippen molar-refractivity contribution in [3.05, 3.63) is 60.2 Å². The lowest BCUT2D eigenvalue weighted by molar-refractivity contribution is 0.150. The first kappa shape index (κ1) is 17.0. The summed E-state index contributed by atoms with van der Waals surface area (Å²) in [7, 11) is 1.94. The van der Waals surface area contributed by atoms with Crippen LogP contribution in [0.4, 0.5) is 0 Å². The molecule has 3 heteroatoms. The van der Waals surface area contributed by atoms with Gasteiger partial charge in [-0.05, 0) is 48.9 Å². The molecular formula is C19H24ClNO. The van der Waals surface area contributed by atoms with Crippen molar-refractivity contribution in [2.24, 2.45) is 5.92 Å². The number of hydrogen-bond acceptors (Lipinski definition) is 2. The summed E-state index contributed by atoms with van der Waals surface area (Å²) in [4.78, 5) is 0. The number of aliphatic hydroxyl groups is 1. The van der Waals surface area contributed by atoms with Gasteiger partial charge in [-0.2, -0.15) is 0 Å². The summed E-state index contributed by atoms with van der Waals surface area (Å²) in [6.07, 6.45) is 2.84. The molecule has 3 atom stereocenters. The highest BCUT2D eigenvalue weighted by atomic mass is 35.5. The van der Waals surface area contributed by atoms with Gasteiger partial charge < -0.3 is 10.4 Å². The Balaban J connectivity index is 0.00000176. The third-order valence-electron chi connectivity index (χ3n) is 4.58. The van der Waals surface area contributed by atoms with Crippen LogP contribution >= 0.6 is 12.4 Å². The Hall–Kier alpha value is -1.35. The zero-order valence-electron chi connectivity index (χ0n) is 12.9. The predicted octanol–water partition coefficient (Wildman–Crippen LogP) is 3.68. The van der Waals surface area contributed by atoms with Gasteiger partial charge in [0.1, 0.15) is 0 Å². The fourth-order valence-electron chi connectivity index (χ4n) is 3.39. The molecule has 118 valence electrons. The number of aliphatic hydroxyl groups excluding tert-OH is 1. The number of likely N-dealkylation sites (N-methyl/N-ethyl adjacent to an activating group) is 1. The van der Waals surface area contributed by atoms with Gasteiger partial charge in [0.15, 0.2) is 0 Å². The Kier molecular flexibility index (Phi) is 6.01. The molecule has 0 amide bonds. The largest absolute Gasteiger partial charge is 0.391 e. The van der Waals surface area contributed by atoms with Gasteiger partial charge in [0, 0.05) is 6.04 Å². The summed E-state index contributed by atoms with van der Waals surface area (Å²) in [5, 5.41) is 13.2. The van der Waals surface area contributed by atoms with Crippen LogP contribution < -0.4 is 5.32 Å². The van der Waals surface area contributed by atoms with Crippen LogP contribution in [-0.4, -0.2) is 24.3 Å². The van der Waals surface area contributed by atoms with E-state index in [0.29, 0.717) is 5.92 Å². The van der Waals surface area contributed by atoms with Crippen molar-refractivity contribution in [1.29, 1.82) is 0 Å². The highest BCUT2D eigenvalue weighted by molar-refractivity contribution is 5.85. The molecule has 2 aromatic rings. The molecule has 0 saturated heterocycles. The van der Waals surface area contributed by atoms with Gasteiger partial charge in [0.2, 0.25) is 0 Å². The van der Waals surface area contributed by atoms with E-state index in [0.717, 1.165) is 19.3 Å². The zero-order chi connectivity index (χ0) is 14.7. The van der Waals surface area contributed by atoms with Gasteiger partial charge in [-0.1, -0.05) is 54.6 Å². The van der Waals surface area contributed by atoms with Crippen molar-refractivity contribution in [3.8, 4) is 11.1 Å². The summed E-state index contributed by atoms with van der Waals surface area (Å²) in [6, 6.07) is 19.6. The van der Waals surface area contributed by atoms with Crippen molar-refractivity contribution >= 4 is 12.4 Å². The van der Waals surface area contributed by atoms with Crippen LogP contribution in [0.2, 0.25) is 0 Å². The summed E-state index contributed by atoms with van der Waals surface area (Å²) >= 11 is 0. The van der Waals surface area contributed by atoms with E-state index in [1.54, 1.807) is 0 Å². The molecular weight excluding hydrogens is 294 g/mol. The number of hydrogen-bond donors (Lipinski definition) is 2. The zero-order valence-corrected chi connectivity index (χ0v) is 13.7. The van der Waals surface area contributed by atoms with Crippen molar-refractivity contribution in [1.82, 2.24) is 5.32 Å². The Morgan fingerprint density at radius 1 is 0.955 bits per heavy atom. The smallest absolute Gasteiger partial charge is 0.0695 e. The minimum atomic E-state index is -0.191. The quantitative estimate of drug-likeness (QED) is 0.901. The van der Waals surface area contributed by atoms with Gasteiger partial charge in [-0.15, -0.1) is 12.4 Å². The molecule has 0 heterocycles. The molecule has 0 aromatic heterocycles. The van der Waals surface area contributed by atoms with Crippen LogP contribution in [0.1, 0.15) is 18.4 Å². The van der Waals surface area contributed by atoms with Crippen molar-refractivity contribution in [2.75, 3.05) is 7.05 Å². The van der Waals surface area contributed by atoms with Crippen LogP contribution in [0.5, 0.6) is 0 Å². The summed E-state index contributed by atoms with van der Waals surface area (Å²) in [5.74, 6) is 0.583. The third-order valence-corrected chi connectivity index (χ3v) is 4.58. The van der Waals surface area contributed by atoms with E-state index in [1.807, 2.05) is 13.1 Å². The van der Waals surface area contributed by atoms with Crippen LogP contribution in [0, 0.1) is 5.92 Å². The molecule has 0 radical (unpaired) electrons. The molecule has 0 spiro atoms. The minimum Gasteiger partial charge on any atom is -0.391 e. The molecule has 2 nitrogen and oxygen atoms in total. The van der Waals surface area contributed by atoms with Crippen LogP contribution in [0.15, 0.2) is 54.6 Å². The molecule has 1 aliphatic carbocycles. The van der Waals surface area contributed by atoms with Crippen LogP contribution in [-0.2, 0) is 6.42 Å². The fourth-order valence-corrected chi connectivity index (χ4v) is 3.39. The van der Waals surface area contributed by atoms with Crippen LogP contribution in [0.25, 0.3) is 11.1 Å². The Morgan fingerprint density at radius 3 is 2.18 bits per heavy atom. The second kappa shape index (κ2) is 7.77. The van der Waals surface area contributed by atoms with E-state index in [9.17, 15) is 5.11 Å². The Morgan fingerprint density at radius 2 is 1.59 bits per heavy atom. The average molecular weight is 318 g/mol. The van der Waals surface area contributed by atoms with Crippen molar-refractivity contribution < 1.29 is 5.11 Å². The molecule has 0 aliphatic heterocycles. The highest BCUT2D eigenvalue weighted by Gasteiger charge is 2.31. The van der Waals surface area contributed by atoms with Gasteiger partial charge in [-0.25, -0.2) is 0 Å². The number of benzene rings is 2. The lowest BCUT2D eigenvalue weighted by atomic mass is 9.96. The van der Waals surface area contributed by atoms with E-state index in [2.05, 4.69) is 53.8 Å². The highest BCUT2D eigenvalue weighted by Crippen LogP contribution is 2.29. The first-order chi connectivity index (χ1) is 10.3. The maximum absolute atomic E-state index is 9.97. The van der Waals surface area contributed by atoms with E-state index in [1.165, 1.54) is 16.7 Å². The van der Waals surface area contributed by atoms with E-state index in [-0.39, 0.29) is 24.6 Å². The molecule has 1 saturated carbocycles. The molecule has 1 fully saturated rings. The second-order valence-electron chi connectivity index (χ2n) is 6.07. The Bertz CT molecular complexity index is 570.